The molecular formula is C11H11N3O3. The topological polar surface area (TPSA) is 84.1 Å². The second kappa shape index (κ2) is 4.65. The molecule has 1 heterocycles. The molecule has 0 aliphatic heterocycles. The molecule has 0 aliphatic carbocycles. The molecule has 1 aromatic carbocycles. The number of nitrogens with zero attached hydrogens (tertiary/aromatic N) is 1. The van der Waals surface area contributed by atoms with Gasteiger partial charge in [0.25, 0.3) is 0 Å². The van der Waals surface area contributed by atoms with E-state index in [1.54, 1.807) is 31.3 Å². The fourth-order valence-corrected chi connectivity index (χ4v) is 1.39. The van der Waals surface area contributed by atoms with Crippen LogP contribution in [0.4, 0.5) is 5.69 Å². The van der Waals surface area contributed by atoms with Crippen molar-refractivity contribution < 1.29 is 14.3 Å². The molecule has 6 heteroatoms. The van der Waals surface area contributed by atoms with Crippen LogP contribution < -0.4 is 5.32 Å². The number of ether oxygens (including phenoxy) is 1. The molecule has 2 rings (SSSR count). The number of hydrogen-bond acceptors (Lipinski definition) is 4. The molecule has 1 aromatic heterocycles. The lowest BCUT2D eigenvalue weighted by Crippen LogP contribution is -2.24. The molecule has 0 saturated heterocycles. The van der Waals surface area contributed by atoms with Crippen LogP contribution in [0.2, 0.25) is 0 Å². The molecule has 17 heavy (non-hydrogen) atoms. The monoisotopic (exact) mass is 233 g/mol. The van der Waals surface area contributed by atoms with E-state index < -0.39 is 11.9 Å². The van der Waals surface area contributed by atoms with Gasteiger partial charge in [0.2, 0.25) is 0 Å². The maximum atomic E-state index is 11.4. The third-order valence-electron chi connectivity index (χ3n) is 2.16. The second-order valence-corrected chi connectivity index (χ2v) is 3.35. The van der Waals surface area contributed by atoms with Crippen LogP contribution in [-0.4, -0.2) is 28.7 Å². The van der Waals surface area contributed by atoms with Crippen LogP contribution in [0, 0.1) is 0 Å². The van der Waals surface area contributed by atoms with Gasteiger partial charge in [0.05, 0.1) is 18.3 Å². The van der Waals surface area contributed by atoms with Crippen molar-refractivity contribution in [2.45, 2.75) is 6.92 Å². The Hall–Kier alpha value is -2.37. The Morgan fingerprint density at radius 3 is 3.06 bits per heavy atom. The number of fused-ring (bicyclic) bond motifs is 1. The summed E-state index contributed by atoms with van der Waals surface area (Å²) in [7, 11) is 0. The normalized spacial score (nSPS) is 10.2. The summed E-state index contributed by atoms with van der Waals surface area (Å²) in [5.74, 6) is -1.68. The number of nitrogens with one attached hydrogen (secondary N) is 2. The summed E-state index contributed by atoms with van der Waals surface area (Å²) in [6.45, 7) is 1.81. The van der Waals surface area contributed by atoms with Crippen LogP contribution >= 0.6 is 0 Å². The molecule has 0 aliphatic rings. The molecule has 0 bridgehead atoms. The van der Waals surface area contributed by atoms with E-state index in [1.165, 1.54) is 0 Å². The number of benzene rings is 1. The van der Waals surface area contributed by atoms with Gasteiger partial charge < -0.3 is 10.1 Å². The highest BCUT2D eigenvalue weighted by Gasteiger charge is 2.14. The molecule has 6 nitrogen and oxygen atoms in total. The van der Waals surface area contributed by atoms with Gasteiger partial charge in [-0.15, -0.1) is 0 Å². The zero-order valence-electron chi connectivity index (χ0n) is 9.19. The minimum absolute atomic E-state index is 0.172. The first-order chi connectivity index (χ1) is 8.20. The summed E-state index contributed by atoms with van der Waals surface area (Å²) >= 11 is 0. The lowest BCUT2D eigenvalue weighted by atomic mass is 10.2. The Balaban J connectivity index is 2.12. The lowest BCUT2D eigenvalue weighted by Gasteiger charge is -2.04. The predicted molar refractivity (Wildman–Crippen MR) is 61.4 cm³/mol. The average Bonchev–Trinajstić information content (AvgIpc) is 2.76. The van der Waals surface area contributed by atoms with Crippen LogP contribution in [0.25, 0.3) is 10.9 Å². The summed E-state index contributed by atoms with van der Waals surface area (Å²) in [6.07, 6.45) is 1.67. The Bertz CT molecular complexity index is 562. The van der Waals surface area contributed by atoms with Gasteiger partial charge in [-0.1, -0.05) is 0 Å². The Morgan fingerprint density at radius 1 is 1.47 bits per heavy atom. The zero-order chi connectivity index (χ0) is 12.3. The van der Waals surface area contributed by atoms with Crippen molar-refractivity contribution in [2.24, 2.45) is 0 Å². The first kappa shape index (κ1) is 11.1. The van der Waals surface area contributed by atoms with Gasteiger partial charge in [0.15, 0.2) is 0 Å². The summed E-state index contributed by atoms with van der Waals surface area (Å²) in [5, 5.41) is 10.0. The Morgan fingerprint density at radius 2 is 2.29 bits per heavy atom. The highest BCUT2D eigenvalue weighted by Crippen LogP contribution is 2.16. The number of anilines is 1. The van der Waals surface area contributed by atoms with Gasteiger partial charge in [0, 0.05) is 11.1 Å². The number of carbonyl (C=O) groups is 2. The number of H-pyrrole nitrogens is 1. The van der Waals surface area contributed by atoms with E-state index in [1.807, 2.05) is 0 Å². The fourth-order valence-electron chi connectivity index (χ4n) is 1.39. The van der Waals surface area contributed by atoms with E-state index in [0.29, 0.717) is 5.69 Å². The molecule has 0 radical (unpaired) electrons. The molecule has 0 fully saturated rings. The highest BCUT2D eigenvalue weighted by atomic mass is 16.5. The van der Waals surface area contributed by atoms with Gasteiger partial charge in [-0.05, 0) is 25.1 Å². The number of hydrogen-bond donors (Lipinski definition) is 2. The van der Waals surface area contributed by atoms with Crippen molar-refractivity contribution in [3.8, 4) is 0 Å². The molecule has 0 atom stereocenters. The minimum atomic E-state index is -0.891. The van der Waals surface area contributed by atoms with Crippen LogP contribution in [0.5, 0.6) is 0 Å². The molecule has 1 amide bonds. The first-order valence-corrected chi connectivity index (χ1v) is 5.12. The first-order valence-electron chi connectivity index (χ1n) is 5.12. The number of aromatic amines is 1. The highest BCUT2D eigenvalue weighted by molar-refractivity contribution is 6.37. The summed E-state index contributed by atoms with van der Waals surface area (Å²) in [5.41, 5.74) is 1.30. The van der Waals surface area contributed by atoms with E-state index in [9.17, 15) is 9.59 Å². The number of carbonyl (C=O) groups excluding carboxylic acids is 2. The quantitative estimate of drug-likeness (QED) is 0.600. The maximum absolute atomic E-state index is 11.4. The van der Waals surface area contributed by atoms with E-state index >= 15 is 0 Å². The Kier molecular flexibility index (Phi) is 3.04. The standard InChI is InChI=1S/C11H11N3O3/c1-2-17-11(16)10(15)13-8-4-3-7-6-12-14-9(7)5-8/h3-6H,2H2,1H3,(H,12,14)(H,13,15). The van der Waals surface area contributed by atoms with Gasteiger partial charge >= 0.3 is 11.9 Å². The molecule has 88 valence electrons. The van der Waals surface area contributed by atoms with Gasteiger partial charge in [-0.25, -0.2) is 4.79 Å². The van der Waals surface area contributed by atoms with Crippen molar-refractivity contribution in [3.05, 3.63) is 24.4 Å². The molecule has 0 unspecified atom stereocenters. The maximum Gasteiger partial charge on any atom is 0.397 e. The molecule has 0 saturated carbocycles. The third-order valence-corrected chi connectivity index (χ3v) is 2.16. The second-order valence-electron chi connectivity index (χ2n) is 3.35. The summed E-state index contributed by atoms with van der Waals surface area (Å²) in [4.78, 5) is 22.5. The minimum Gasteiger partial charge on any atom is -0.459 e. The van der Waals surface area contributed by atoms with E-state index in [2.05, 4.69) is 20.3 Å². The van der Waals surface area contributed by atoms with E-state index in [4.69, 9.17) is 0 Å². The largest absolute Gasteiger partial charge is 0.459 e. The SMILES string of the molecule is CCOC(=O)C(=O)Nc1ccc2cn[nH]c2c1. The van der Waals surface area contributed by atoms with Crippen molar-refractivity contribution in [1.29, 1.82) is 0 Å². The summed E-state index contributed by atoms with van der Waals surface area (Å²) < 4.78 is 4.58. The summed E-state index contributed by atoms with van der Waals surface area (Å²) in [6, 6.07) is 5.17. The van der Waals surface area contributed by atoms with Crippen LogP contribution in [-0.2, 0) is 14.3 Å². The zero-order valence-corrected chi connectivity index (χ0v) is 9.19. The van der Waals surface area contributed by atoms with E-state index in [0.717, 1.165) is 10.9 Å². The fraction of sp³-hybridized carbons (Fsp3) is 0.182. The number of esters is 1. The van der Waals surface area contributed by atoms with Crippen LogP contribution in [0.3, 0.4) is 0 Å². The number of amides is 1. The average molecular weight is 233 g/mol. The third kappa shape index (κ3) is 2.41. The Labute approximate surface area is 97.0 Å². The van der Waals surface area contributed by atoms with Crippen molar-refractivity contribution in [2.75, 3.05) is 11.9 Å². The van der Waals surface area contributed by atoms with Gasteiger partial charge in [0.1, 0.15) is 0 Å². The predicted octanol–water partition coefficient (Wildman–Crippen LogP) is 1.06. The van der Waals surface area contributed by atoms with Crippen LogP contribution in [0.15, 0.2) is 24.4 Å². The van der Waals surface area contributed by atoms with E-state index in [-0.39, 0.29) is 6.61 Å². The van der Waals surface area contributed by atoms with Crippen molar-refractivity contribution >= 4 is 28.5 Å². The van der Waals surface area contributed by atoms with Gasteiger partial charge in [-0.3, -0.25) is 9.89 Å². The molecule has 2 aromatic rings. The lowest BCUT2D eigenvalue weighted by molar-refractivity contribution is -0.152. The van der Waals surface area contributed by atoms with Crippen molar-refractivity contribution in [3.63, 3.8) is 0 Å². The smallest absolute Gasteiger partial charge is 0.397 e. The van der Waals surface area contributed by atoms with Crippen molar-refractivity contribution in [1.82, 2.24) is 10.2 Å². The number of aromatic nitrogens is 2. The van der Waals surface area contributed by atoms with Gasteiger partial charge in [-0.2, -0.15) is 5.10 Å². The molecular weight excluding hydrogens is 222 g/mol. The number of rotatable bonds is 2. The van der Waals surface area contributed by atoms with Crippen LogP contribution in [0.1, 0.15) is 6.92 Å². The molecule has 0 spiro atoms. The molecule has 2 N–H and O–H groups in total.